The van der Waals surface area contributed by atoms with Gasteiger partial charge < -0.3 is 15.4 Å². The Labute approximate surface area is 121 Å². The number of halogens is 1. The molecule has 2 aromatic rings. The van der Waals surface area contributed by atoms with Crippen LogP contribution < -0.4 is 5.32 Å². The van der Waals surface area contributed by atoms with Crippen molar-refractivity contribution in [1.29, 1.82) is 0 Å². The average molecular weight is 344 g/mol. The summed E-state index contributed by atoms with van der Waals surface area (Å²) >= 11 is 4.49. The van der Waals surface area contributed by atoms with E-state index < -0.39 is 17.9 Å². The molecule has 2 heterocycles. The van der Waals surface area contributed by atoms with Gasteiger partial charge in [0, 0.05) is 22.8 Å². The highest BCUT2D eigenvalue weighted by Crippen LogP contribution is 2.22. The Hall–Kier alpha value is -1.67. The first-order chi connectivity index (χ1) is 9.08. The average Bonchev–Trinajstić information content (AvgIpc) is 2.99. The van der Waals surface area contributed by atoms with Crippen LogP contribution in [0, 0.1) is 0 Å². The van der Waals surface area contributed by atoms with Crippen molar-refractivity contribution in [3.8, 4) is 0 Å². The van der Waals surface area contributed by atoms with Gasteiger partial charge in [-0.15, -0.1) is 11.3 Å². The summed E-state index contributed by atoms with van der Waals surface area (Å²) in [4.78, 5) is 30.2. The van der Waals surface area contributed by atoms with Crippen molar-refractivity contribution in [2.45, 2.75) is 12.5 Å². The molecule has 1 amide bonds. The van der Waals surface area contributed by atoms with Crippen molar-refractivity contribution in [3.05, 3.63) is 39.0 Å². The number of hydrogen-bond acceptors (Lipinski definition) is 4. The van der Waals surface area contributed by atoms with E-state index in [2.05, 4.69) is 31.2 Å². The van der Waals surface area contributed by atoms with E-state index >= 15 is 0 Å². The summed E-state index contributed by atoms with van der Waals surface area (Å²) in [6.45, 7) is 0. The molecule has 2 aromatic heterocycles. The maximum absolute atomic E-state index is 12.0. The monoisotopic (exact) mass is 343 g/mol. The van der Waals surface area contributed by atoms with E-state index in [1.165, 1.54) is 23.9 Å². The number of carboxylic acid groups (broad SMARTS) is 1. The number of imidazole rings is 1. The Morgan fingerprint density at radius 2 is 2.37 bits per heavy atom. The molecule has 2 rings (SSSR count). The Morgan fingerprint density at radius 3 is 2.89 bits per heavy atom. The number of rotatable bonds is 5. The number of H-pyrrole nitrogens is 1. The minimum Gasteiger partial charge on any atom is -0.480 e. The first-order valence-corrected chi connectivity index (χ1v) is 6.99. The van der Waals surface area contributed by atoms with E-state index in [1.807, 2.05) is 0 Å². The summed E-state index contributed by atoms with van der Waals surface area (Å²) < 4.78 is 0.653. The summed E-state index contributed by atoms with van der Waals surface area (Å²) in [5.74, 6) is -1.50. The molecule has 0 bridgehead atoms. The van der Waals surface area contributed by atoms with Crippen LogP contribution in [0.15, 0.2) is 28.4 Å². The van der Waals surface area contributed by atoms with Crippen molar-refractivity contribution >= 4 is 39.1 Å². The largest absolute Gasteiger partial charge is 0.480 e. The molecule has 0 aliphatic carbocycles. The highest BCUT2D eigenvalue weighted by atomic mass is 79.9. The van der Waals surface area contributed by atoms with Gasteiger partial charge in [0.25, 0.3) is 5.91 Å². The number of carbonyl (C=O) groups excluding carboxylic acids is 1. The lowest BCUT2D eigenvalue weighted by molar-refractivity contribution is -0.139. The van der Waals surface area contributed by atoms with Crippen molar-refractivity contribution in [1.82, 2.24) is 15.3 Å². The molecule has 0 unspecified atom stereocenters. The first kappa shape index (κ1) is 13.8. The Morgan fingerprint density at radius 1 is 1.58 bits per heavy atom. The molecule has 3 N–H and O–H groups in total. The second kappa shape index (κ2) is 5.98. The Kier molecular flexibility index (Phi) is 4.33. The molecule has 0 spiro atoms. The molecule has 0 fully saturated rings. The summed E-state index contributed by atoms with van der Waals surface area (Å²) in [7, 11) is 0. The Balaban J connectivity index is 2.07. The van der Waals surface area contributed by atoms with Crippen molar-refractivity contribution in [2.75, 3.05) is 0 Å². The number of carbonyl (C=O) groups is 2. The van der Waals surface area contributed by atoms with Crippen LogP contribution in [0.4, 0.5) is 0 Å². The second-order valence-electron chi connectivity index (χ2n) is 3.74. The molecule has 6 nitrogen and oxygen atoms in total. The third-order valence-corrected chi connectivity index (χ3v) is 4.24. The lowest BCUT2D eigenvalue weighted by Gasteiger charge is -2.13. The summed E-state index contributed by atoms with van der Waals surface area (Å²) in [5.41, 5.74) is 0.651. The zero-order valence-electron chi connectivity index (χ0n) is 9.59. The predicted octanol–water partition coefficient (Wildman–Crippen LogP) is 1.66. The fourth-order valence-electron chi connectivity index (χ4n) is 1.50. The number of amides is 1. The third kappa shape index (κ3) is 3.42. The zero-order valence-corrected chi connectivity index (χ0v) is 12.0. The molecule has 0 radical (unpaired) electrons. The van der Waals surface area contributed by atoms with Crippen LogP contribution >= 0.6 is 27.3 Å². The van der Waals surface area contributed by atoms with Crippen molar-refractivity contribution in [3.63, 3.8) is 0 Å². The molecule has 0 aliphatic heterocycles. The number of thiophene rings is 1. The van der Waals surface area contributed by atoms with Gasteiger partial charge in [-0.05, 0) is 27.4 Å². The van der Waals surface area contributed by atoms with Gasteiger partial charge in [0.2, 0.25) is 0 Å². The van der Waals surface area contributed by atoms with E-state index in [4.69, 9.17) is 5.11 Å². The normalized spacial score (nSPS) is 12.1. The molecule has 0 saturated heterocycles. The van der Waals surface area contributed by atoms with Crippen molar-refractivity contribution < 1.29 is 14.7 Å². The van der Waals surface area contributed by atoms with Gasteiger partial charge in [0.05, 0.1) is 6.33 Å². The minimum atomic E-state index is -1.09. The first-order valence-electron chi connectivity index (χ1n) is 5.32. The lowest BCUT2D eigenvalue weighted by Crippen LogP contribution is -2.42. The Bertz CT molecular complexity index is 582. The molecule has 0 aromatic carbocycles. The zero-order chi connectivity index (χ0) is 13.8. The topological polar surface area (TPSA) is 95.1 Å². The maximum atomic E-state index is 12.0. The van der Waals surface area contributed by atoms with Gasteiger partial charge in [-0.25, -0.2) is 9.78 Å². The summed E-state index contributed by atoms with van der Waals surface area (Å²) in [6, 6.07) is 0.742. The fourth-order valence-corrected chi connectivity index (χ4v) is 2.95. The molecular weight excluding hydrogens is 334 g/mol. The van der Waals surface area contributed by atoms with Gasteiger partial charge in [0.15, 0.2) is 0 Å². The highest BCUT2D eigenvalue weighted by molar-refractivity contribution is 9.10. The van der Waals surface area contributed by atoms with Crippen LogP contribution in [0.3, 0.4) is 0 Å². The number of aliphatic carboxylic acids is 1. The number of nitrogens with one attached hydrogen (secondary N) is 2. The number of aromatic nitrogens is 2. The third-order valence-electron chi connectivity index (χ3n) is 2.41. The molecule has 8 heteroatoms. The molecule has 19 heavy (non-hydrogen) atoms. The standard InChI is InChI=1S/C11H10BrN3O3S/c12-7-1-2-19-9(7)10(16)15-8(11(17)18)3-6-4-13-5-14-6/h1-2,4-5,8H,3H2,(H,13,14)(H,15,16)(H,17,18)/t8-/m0/s1. The molecular formula is C11H10BrN3O3S. The van der Waals surface area contributed by atoms with Crippen LogP contribution in [-0.4, -0.2) is 33.0 Å². The fraction of sp³-hybridized carbons (Fsp3) is 0.182. The molecule has 0 aliphatic rings. The van der Waals surface area contributed by atoms with Crippen LogP contribution in [0.25, 0.3) is 0 Å². The second-order valence-corrected chi connectivity index (χ2v) is 5.51. The van der Waals surface area contributed by atoms with Gasteiger partial charge in [-0.1, -0.05) is 0 Å². The van der Waals surface area contributed by atoms with E-state index in [0.29, 0.717) is 15.0 Å². The number of hydrogen-bond donors (Lipinski definition) is 3. The molecule has 1 atom stereocenters. The van der Waals surface area contributed by atoms with Gasteiger partial charge in [-0.3, -0.25) is 4.79 Å². The van der Waals surface area contributed by atoms with Gasteiger partial charge in [0.1, 0.15) is 10.9 Å². The summed E-state index contributed by atoms with van der Waals surface area (Å²) in [6.07, 6.45) is 3.15. The summed E-state index contributed by atoms with van der Waals surface area (Å²) in [5, 5.41) is 13.4. The van der Waals surface area contributed by atoms with Gasteiger partial charge >= 0.3 is 5.97 Å². The van der Waals surface area contributed by atoms with Crippen LogP contribution in [0.2, 0.25) is 0 Å². The predicted molar refractivity (Wildman–Crippen MR) is 73.2 cm³/mol. The van der Waals surface area contributed by atoms with Gasteiger partial charge in [-0.2, -0.15) is 0 Å². The minimum absolute atomic E-state index is 0.157. The molecule has 100 valence electrons. The van der Waals surface area contributed by atoms with E-state index in [-0.39, 0.29) is 6.42 Å². The number of aromatic amines is 1. The van der Waals surface area contributed by atoms with Crippen LogP contribution in [0.5, 0.6) is 0 Å². The van der Waals surface area contributed by atoms with E-state index in [9.17, 15) is 9.59 Å². The maximum Gasteiger partial charge on any atom is 0.326 e. The van der Waals surface area contributed by atoms with Crippen LogP contribution in [0.1, 0.15) is 15.4 Å². The van der Waals surface area contributed by atoms with E-state index in [1.54, 1.807) is 11.4 Å². The van der Waals surface area contributed by atoms with E-state index in [0.717, 1.165) is 0 Å². The number of carboxylic acids is 1. The highest BCUT2D eigenvalue weighted by Gasteiger charge is 2.23. The smallest absolute Gasteiger partial charge is 0.326 e. The quantitative estimate of drug-likeness (QED) is 0.769. The van der Waals surface area contributed by atoms with Crippen molar-refractivity contribution in [2.24, 2.45) is 0 Å². The lowest BCUT2D eigenvalue weighted by atomic mass is 10.1. The SMILES string of the molecule is O=C(N[C@@H](Cc1cnc[nH]1)C(=O)O)c1sccc1Br. The molecule has 0 saturated carbocycles. The number of nitrogens with zero attached hydrogens (tertiary/aromatic N) is 1. The van der Waals surface area contributed by atoms with Crippen LogP contribution in [-0.2, 0) is 11.2 Å².